The molecular formula is C19H18BrF2N3O3. The summed E-state index contributed by atoms with van der Waals surface area (Å²) in [5.41, 5.74) is 0.387. The molecule has 0 heterocycles. The highest BCUT2D eigenvalue weighted by Crippen LogP contribution is 2.26. The molecule has 0 fully saturated rings. The van der Waals surface area contributed by atoms with Crippen molar-refractivity contribution in [3.63, 3.8) is 0 Å². The molecule has 0 saturated carbocycles. The van der Waals surface area contributed by atoms with Crippen molar-refractivity contribution < 1.29 is 23.2 Å². The smallest absolute Gasteiger partial charge is 0.313 e. The molecule has 0 aliphatic rings. The minimum Gasteiger partial charge on any atom is -0.346 e. The zero-order chi connectivity index (χ0) is 21.0. The number of halogens is 3. The number of hydrogen-bond acceptors (Lipinski definition) is 3. The van der Waals surface area contributed by atoms with E-state index in [-0.39, 0.29) is 21.8 Å². The lowest BCUT2D eigenvalue weighted by atomic mass is 10.1. The highest BCUT2D eigenvalue weighted by atomic mass is 79.9. The molecule has 2 aromatic rings. The third kappa shape index (κ3) is 5.35. The number of hydrogen-bond donors (Lipinski definition) is 3. The lowest BCUT2D eigenvalue weighted by Crippen LogP contribution is -2.39. The number of carbonyl (C=O) groups is 3. The first-order valence-corrected chi connectivity index (χ1v) is 9.06. The van der Waals surface area contributed by atoms with E-state index in [0.717, 1.165) is 12.1 Å². The Morgan fingerprint density at radius 1 is 0.964 bits per heavy atom. The second-order valence-corrected chi connectivity index (χ2v) is 7.17. The van der Waals surface area contributed by atoms with E-state index in [0.29, 0.717) is 11.3 Å². The fourth-order valence-corrected chi connectivity index (χ4v) is 2.74. The number of aryl methyl sites for hydroxylation is 1. The summed E-state index contributed by atoms with van der Waals surface area (Å²) in [4.78, 5) is 36.1. The van der Waals surface area contributed by atoms with Gasteiger partial charge < -0.3 is 16.0 Å². The van der Waals surface area contributed by atoms with Crippen LogP contribution in [-0.2, 0) is 9.59 Å². The summed E-state index contributed by atoms with van der Waals surface area (Å²) in [6.07, 6.45) is 0. The van der Waals surface area contributed by atoms with Crippen molar-refractivity contribution in [3.8, 4) is 0 Å². The van der Waals surface area contributed by atoms with E-state index in [1.54, 1.807) is 20.8 Å². The predicted octanol–water partition coefficient (Wildman–Crippen LogP) is 3.75. The van der Waals surface area contributed by atoms with Gasteiger partial charge in [0, 0.05) is 16.2 Å². The van der Waals surface area contributed by atoms with Gasteiger partial charge in [-0.3, -0.25) is 14.4 Å². The molecule has 3 amide bonds. The van der Waals surface area contributed by atoms with Crippen molar-refractivity contribution in [1.29, 1.82) is 0 Å². The van der Waals surface area contributed by atoms with E-state index in [1.165, 1.54) is 18.2 Å². The molecular weight excluding hydrogens is 436 g/mol. The van der Waals surface area contributed by atoms with Crippen LogP contribution in [0.5, 0.6) is 0 Å². The molecule has 6 nitrogen and oxygen atoms in total. The molecule has 2 rings (SSSR count). The van der Waals surface area contributed by atoms with Crippen LogP contribution < -0.4 is 16.0 Å². The Hall–Kier alpha value is -2.81. The van der Waals surface area contributed by atoms with Gasteiger partial charge in [0.15, 0.2) is 0 Å². The third-order valence-electron chi connectivity index (χ3n) is 3.59. The number of rotatable bonds is 4. The monoisotopic (exact) mass is 453 g/mol. The maximum atomic E-state index is 14.2. The van der Waals surface area contributed by atoms with Gasteiger partial charge in [-0.2, -0.15) is 0 Å². The minimum atomic E-state index is -1.06. The summed E-state index contributed by atoms with van der Waals surface area (Å²) in [5.74, 6) is -3.84. The van der Waals surface area contributed by atoms with Crippen molar-refractivity contribution in [1.82, 2.24) is 5.32 Å². The van der Waals surface area contributed by atoms with Crippen molar-refractivity contribution in [2.45, 2.75) is 26.8 Å². The molecule has 0 aliphatic heterocycles. The topological polar surface area (TPSA) is 87.3 Å². The van der Waals surface area contributed by atoms with Crippen LogP contribution in [0.25, 0.3) is 0 Å². The van der Waals surface area contributed by atoms with Crippen LogP contribution in [0.2, 0.25) is 0 Å². The zero-order valence-electron chi connectivity index (χ0n) is 15.3. The van der Waals surface area contributed by atoms with E-state index in [1.807, 2.05) is 0 Å². The number of amides is 3. The first-order chi connectivity index (χ1) is 13.1. The van der Waals surface area contributed by atoms with Gasteiger partial charge in [0.05, 0.1) is 11.3 Å². The lowest BCUT2D eigenvalue weighted by molar-refractivity contribution is -0.136. The summed E-state index contributed by atoms with van der Waals surface area (Å²) in [7, 11) is 0. The Morgan fingerprint density at radius 2 is 1.64 bits per heavy atom. The van der Waals surface area contributed by atoms with Crippen molar-refractivity contribution in [3.05, 3.63) is 57.6 Å². The van der Waals surface area contributed by atoms with Crippen LogP contribution in [0.3, 0.4) is 0 Å². The summed E-state index contributed by atoms with van der Waals surface area (Å²) in [5, 5.41) is 7.09. The van der Waals surface area contributed by atoms with Crippen LogP contribution in [0.15, 0.2) is 34.8 Å². The normalized spacial score (nSPS) is 10.5. The first kappa shape index (κ1) is 21.5. The molecule has 0 radical (unpaired) electrons. The van der Waals surface area contributed by atoms with Gasteiger partial charge in [0.2, 0.25) is 0 Å². The van der Waals surface area contributed by atoms with Crippen LogP contribution in [0.1, 0.15) is 29.8 Å². The maximum Gasteiger partial charge on any atom is 0.313 e. The first-order valence-electron chi connectivity index (χ1n) is 8.27. The average molecular weight is 454 g/mol. The summed E-state index contributed by atoms with van der Waals surface area (Å²) in [6, 6.07) is 5.88. The standard InChI is InChI=1S/C19H18BrF2N3O3/c1-9(2)23-18(27)19(28)25-16-7-12(13(20)8-15(16)22)17(26)24-11-4-5-14(21)10(3)6-11/h4-9H,1-3H3,(H,23,27)(H,24,26)(H,25,28). The minimum absolute atomic E-state index is 0.0166. The molecule has 9 heteroatoms. The van der Waals surface area contributed by atoms with Crippen molar-refractivity contribution in [2.24, 2.45) is 0 Å². The Balaban J connectivity index is 2.24. The summed E-state index contributed by atoms with van der Waals surface area (Å²) >= 11 is 3.10. The van der Waals surface area contributed by atoms with Gasteiger partial charge in [0.1, 0.15) is 11.6 Å². The van der Waals surface area contributed by atoms with Gasteiger partial charge in [-0.1, -0.05) is 0 Å². The van der Waals surface area contributed by atoms with Gasteiger partial charge in [-0.25, -0.2) is 8.78 Å². The van der Waals surface area contributed by atoms with E-state index in [9.17, 15) is 23.2 Å². The second-order valence-electron chi connectivity index (χ2n) is 6.31. The van der Waals surface area contributed by atoms with Crippen LogP contribution >= 0.6 is 15.9 Å². The average Bonchev–Trinajstić information content (AvgIpc) is 2.59. The van der Waals surface area contributed by atoms with Crippen LogP contribution in [0.4, 0.5) is 20.2 Å². The van der Waals surface area contributed by atoms with Gasteiger partial charge in [-0.05, 0) is 72.6 Å². The largest absolute Gasteiger partial charge is 0.346 e. The van der Waals surface area contributed by atoms with Gasteiger partial charge >= 0.3 is 11.8 Å². The van der Waals surface area contributed by atoms with Crippen molar-refractivity contribution in [2.75, 3.05) is 10.6 Å². The van der Waals surface area contributed by atoms with Crippen LogP contribution in [-0.4, -0.2) is 23.8 Å². The fraction of sp³-hybridized carbons (Fsp3) is 0.211. The molecule has 0 aromatic heterocycles. The quantitative estimate of drug-likeness (QED) is 0.616. The Labute approximate surface area is 168 Å². The van der Waals surface area contributed by atoms with Gasteiger partial charge in [-0.15, -0.1) is 0 Å². The number of anilines is 2. The molecule has 0 atom stereocenters. The van der Waals surface area contributed by atoms with Crippen LogP contribution in [0, 0.1) is 18.6 Å². The Bertz CT molecular complexity index is 948. The summed E-state index contributed by atoms with van der Waals surface area (Å²) in [6.45, 7) is 4.89. The number of nitrogens with one attached hydrogen (secondary N) is 3. The highest BCUT2D eigenvalue weighted by Gasteiger charge is 2.20. The van der Waals surface area contributed by atoms with E-state index < -0.39 is 29.4 Å². The Morgan fingerprint density at radius 3 is 2.25 bits per heavy atom. The lowest BCUT2D eigenvalue weighted by Gasteiger charge is -2.12. The number of benzene rings is 2. The second kappa shape index (κ2) is 8.92. The maximum absolute atomic E-state index is 14.2. The molecule has 0 saturated heterocycles. The molecule has 0 spiro atoms. The van der Waals surface area contributed by atoms with E-state index >= 15 is 0 Å². The molecule has 3 N–H and O–H groups in total. The van der Waals surface area contributed by atoms with Crippen molar-refractivity contribution >= 4 is 45.0 Å². The molecule has 0 bridgehead atoms. The number of carbonyl (C=O) groups excluding carboxylic acids is 3. The zero-order valence-corrected chi connectivity index (χ0v) is 16.9. The van der Waals surface area contributed by atoms with Gasteiger partial charge in [0.25, 0.3) is 5.91 Å². The molecule has 28 heavy (non-hydrogen) atoms. The highest BCUT2D eigenvalue weighted by molar-refractivity contribution is 9.10. The SMILES string of the molecule is Cc1cc(NC(=O)c2cc(NC(=O)C(=O)NC(C)C)c(F)cc2Br)ccc1F. The molecule has 2 aromatic carbocycles. The predicted molar refractivity (Wildman–Crippen MR) is 105 cm³/mol. The molecule has 0 unspecified atom stereocenters. The van der Waals surface area contributed by atoms with E-state index in [2.05, 4.69) is 31.9 Å². The molecule has 148 valence electrons. The molecule has 0 aliphatic carbocycles. The summed E-state index contributed by atoms with van der Waals surface area (Å²) < 4.78 is 27.7. The Kier molecular flexibility index (Phi) is 6.85. The fourth-order valence-electron chi connectivity index (χ4n) is 2.25. The third-order valence-corrected chi connectivity index (χ3v) is 4.25. The van der Waals surface area contributed by atoms with E-state index in [4.69, 9.17) is 0 Å².